The van der Waals surface area contributed by atoms with E-state index in [9.17, 15) is 14.9 Å². The van der Waals surface area contributed by atoms with Crippen LogP contribution in [0, 0.1) is 17.0 Å². The first kappa shape index (κ1) is 13.9. The lowest BCUT2D eigenvalue weighted by Crippen LogP contribution is -2.14. The number of carboxylic acids is 1. The van der Waals surface area contributed by atoms with E-state index in [1.54, 1.807) is 19.1 Å². The minimum atomic E-state index is -1.03. The summed E-state index contributed by atoms with van der Waals surface area (Å²) in [6.45, 7) is 1.91. The predicted molar refractivity (Wildman–Crippen MR) is 64.8 cm³/mol. The normalized spacial score (nSPS) is 10.1. The first-order valence-corrected chi connectivity index (χ1v) is 5.29. The zero-order chi connectivity index (χ0) is 13.5. The fourth-order valence-electron chi connectivity index (χ4n) is 1.34. The molecule has 1 aromatic carbocycles. The first-order chi connectivity index (χ1) is 8.50. The van der Waals surface area contributed by atoms with Crippen LogP contribution in [0.25, 0.3) is 0 Å². The van der Waals surface area contributed by atoms with Crippen molar-refractivity contribution in [2.24, 2.45) is 0 Å². The SMILES string of the molecule is Cc1ccc(NCCOCC(=O)O)cc1[N+](=O)[O-]. The summed E-state index contributed by atoms with van der Waals surface area (Å²) in [7, 11) is 0. The molecule has 7 heteroatoms. The van der Waals surface area contributed by atoms with E-state index in [2.05, 4.69) is 5.32 Å². The van der Waals surface area contributed by atoms with Crippen molar-refractivity contribution >= 4 is 17.3 Å². The molecule has 0 aliphatic carbocycles. The highest BCUT2D eigenvalue weighted by Gasteiger charge is 2.10. The van der Waals surface area contributed by atoms with E-state index in [-0.39, 0.29) is 18.9 Å². The van der Waals surface area contributed by atoms with Crippen LogP contribution < -0.4 is 5.32 Å². The van der Waals surface area contributed by atoms with Gasteiger partial charge in [-0.15, -0.1) is 0 Å². The summed E-state index contributed by atoms with van der Waals surface area (Å²) in [5.74, 6) is -1.03. The average molecular weight is 254 g/mol. The van der Waals surface area contributed by atoms with Crippen LogP contribution in [-0.4, -0.2) is 35.8 Å². The zero-order valence-electron chi connectivity index (χ0n) is 9.88. The van der Waals surface area contributed by atoms with Crippen LogP contribution in [-0.2, 0) is 9.53 Å². The molecular formula is C11H14N2O5. The van der Waals surface area contributed by atoms with Crippen molar-refractivity contribution in [3.63, 3.8) is 0 Å². The zero-order valence-corrected chi connectivity index (χ0v) is 9.88. The first-order valence-electron chi connectivity index (χ1n) is 5.29. The number of hydrogen-bond acceptors (Lipinski definition) is 5. The van der Waals surface area contributed by atoms with Gasteiger partial charge in [-0.1, -0.05) is 6.07 Å². The van der Waals surface area contributed by atoms with Crippen molar-refractivity contribution < 1.29 is 19.6 Å². The van der Waals surface area contributed by atoms with Crippen LogP contribution in [0.5, 0.6) is 0 Å². The van der Waals surface area contributed by atoms with Crippen molar-refractivity contribution in [3.05, 3.63) is 33.9 Å². The molecule has 98 valence electrons. The van der Waals surface area contributed by atoms with Gasteiger partial charge < -0.3 is 15.2 Å². The highest BCUT2D eigenvalue weighted by Crippen LogP contribution is 2.21. The summed E-state index contributed by atoms with van der Waals surface area (Å²) in [4.78, 5) is 20.4. The van der Waals surface area contributed by atoms with Crippen molar-refractivity contribution in [2.45, 2.75) is 6.92 Å². The third-order valence-corrected chi connectivity index (χ3v) is 2.21. The number of carboxylic acid groups (broad SMARTS) is 1. The minimum absolute atomic E-state index is 0.0476. The molecule has 0 saturated heterocycles. The molecule has 0 spiro atoms. The van der Waals surface area contributed by atoms with Gasteiger partial charge in [0, 0.05) is 23.9 Å². The summed E-state index contributed by atoms with van der Waals surface area (Å²) in [5.41, 5.74) is 1.24. The van der Waals surface area contributed by atoms with Gasteiger partial charge in [0.15, 0.2) is 0 Å². The molecule has 1 rings (SSSR count). The lowest BCUT2D eigenvalue weighted by molar-refractivity contribution is -0.385. The van der Waals surface area contributed by atoms with Gasteiger partial charge in [-0.25, -0.2) is 4.79 Å². The van der Waals surface area contributed by atoms with Crippen molar-refractivity contribution in [2.75, 3.05) is 25.1 Å². The number of carbonyl (C=O) groups is 1. The second-order valence-electron chi connectivity index (χ2n) is 3.63. The van der Waals surface area contributed by atoms with Crippen LogP contribution in [0.15, 0.2) is 18.2 Å². The summed E-state index contributed by atoms with van der Waals surface area (Å²) in [6, 6.07) is 4.81. The number of ether oxygens (including phenoxy) is 1. The number of hydrogen-bond donors (Lipinski definition) is 2. The van der Waals surface area contributed by atoms with Gasteiger partial charge in [-0.3, -0.25) is 10.1 Å². The number of aliphatic carboxylic acids is 1. The lowest BCUT2D eigenvalue weighted by Gasteiger charge is -2.07. The number of nitrogens with zero attached hydrogens (tertiary/aromatic N) is 1. The number of rotatable bonds is 7. The Morgan fingerprint density at radius 1 is 1.56 bits per heavy atom. The van der Waals surface area contributed by atoms with Gasteiger partial charge in [-0.2, -0.15) is 0 Å². The molecule has 0 aromatic heterocycles. The van der Waals surface area contributed by atoms with Gasteiger partial charge in [-0.05, 0) is 13.0 Å². The maximum Gasteiger partial charge on any atom is 0.329 e. The Kier molecular flexibility index (Phi) is 5.06. The highest BCUT2D eigenvalue weighted by atomic mass is 16.6. The molecule has 0 aliphatic heterocycles. The number of nitrogens with one attached hydrogen (secondary N) is 1. The molecule has 0 saturated carbocycles. The molecule has 7 nitrogen and oxygen atoms in total. The van der Waals surface area contributed by atoms with E-state index in [1.165, 1.54) is 6.07 Å². The third kappa shape index (κ3) is 4.38. The topological polar surface area (TPSA) is 102 Å². The van der Waals surface area contributed by atoms with E-state index in [0.29, 0.717) is 17.8 Å². The minimum Gasteiger partial charge on any atom is -0.480 e. The van der Waals surface area contributed by atoms with Crippen LogP contribution >= 0.6 is 0 Å². The van der Waals surface area contributed by atoms with Crippen LogP contribution in [0.3, 0.4) is 0 Å². The van der Waals surface area contributed by atoms with E-state index in [4.69, 9.17) is 9.84 Å². The Hall–Kier alpha value is -2.15. The second-order valence-corrected chi connectivity index (χ2v) is 3.63. The van der Waals surface area contributed by atoms with E-state index < -0.39 is 10.9 Å². The molecular weight excluding hydrogens is 240 g/mol. The number of nitro benzene ring substituents is 1. The maximum atomic E-state index is 10.7. The summed E-state index contributed by atoms with van der Waals surface area (Å²) in [6.07, 6.45) is 0. The number of aryl methyl sites for hydroxylation is 1. The molecule has 0 bridgehead atoms. The quantitative estimate of drug-likeness (QED) is 0.433. The van der Waals surface area contributed by atoms with E-state index in [0.717, 1.165) is 0 Å². The van der Waals surface area contributed by atoms with E-state index >= 15 is 0 Å². The summed E-state index contributed by atoms with van der Waals surface area (Å²) >= 11 is 0. The van der Waals surface area contributed by atoms with Crippen LogP contribution in [0.2, 0.25) is 0 Å². The fraction of sp³-hybridized carbons (Fsp3) is 0.364. The van der Waals surface area contributed by atoms with Gasteiger partial charge in [0.2, 0.25) is 0 Å². The van der Waals surface area contributed by atoms with Gasteiger partial charge in [0.1, 0.15) is 6.61 Å². The molecule has 2 N–H and O–H groups in total. The standard InChI is InChI=1S/C11H14N2O5/c1-8-2-3-9(6-10(8)13(16)17)12-4-5-18-7-11(14)15/h2-3,6,12H,4-5,7H2,1H3,(H,14,15). The largest absolute Gasteiger partial charge is 0.480 e. The molecule has 0 unspecified atom stereocenters. The Labute approximate surface area is 104 Å². The summed E-state index contributed by atoms with van der Waals surface area (Å²) in [5, 5.41) is 22.0. The molecule has 0 aliphatic rings. The Bertz CT molecular complexity index is 447. The molecule has 0 fully saturated rings. The smallest absolute Gasteiger partial charge is 0.329 e. The van der Waals surface area contributed by atoms with Crippen LogP contribution in [0.4, 0.5) is 11.4 Å². The van der Waals surface area contributed by atoms with E-state index in [1.807, 2.05) is 0 Å². The molecule has 0 radical (unpaired) electrons. The average Bonchev–Trinajstić information content (AvgIpc) is 2.30. The van der Waals surface area contributed by atoms with Gasteiger partial charge in [0.25, 0.3) is 5.69 Å². The van der Waals surface area contributed by atoms with Crippen molar-refractivity contribution in [1.82, 2.24) is 0 Å². The molecule has 18 heavy (non-hydrogen) atoms. The third-order valence-electron chi connectivity index (χ3n) is 2.21. The molecule has 0 heterocycles. The lowest BCUT2D eigenvalue weighted by atomic mass is 10.2. The second kappa shape index (κ2) is 6.55. The fourth-order valence-corrected chi connectivity index (χ4v) is 1.34. The van der Waals surface area contributed by atoms with Crippen molar-refractivity contribution in [3.8, 4) is 0 Å². The molecule has 0 atom stereocenters. The van der Waals surface area contributed by atoms with Crippen molar-refractivity contribution in [1.29, 1.82) is 0 Å². The Morgan fingerprint density at radius 2 is 2.28 bits per heavy atom. The summed E-state index contributed by atoms with van der Waals surface area (Å²) < 4.78 is 4.82. The number of nitro groups is 1. The van der Waals surface area contributed by atoms with Gasteiger partial charge in [0.05, 0.1) is 11.5 Å². The number of benzene rings is 1. The highest BCUT2D eigenvalue weighted by molar-refractivity contribution is 5.68. The maximum absolute atomic E-state index is 10.7. The predicted octanol–water partition coefficient (Wildman–Crippen LogP) is 1.42. The van der Waals surface area contributed by atoms with Gasteiger partial charge >= 0.3 is 5.97 Å². The molecule has 0 amide bonds. The monoisotopic (exact) mass is 254 g/mol. The Morgan fingerprint density at radius 3 is 2.89 bits per heavy atom. The molecule has 1 aromatic rings. The Balaban J connectivity index is 2.45. The number of anilines is 1. The van der Waals surface area contributed by atoms with Crippen LogP contribution in [0.1, 0.15) is 5.56 Å².